The number of anilines is 3. The summed E-state index contributed by atoms with van der Waals surface area (Å²) in [4.78, 5) is 8.57. The first kappa shape index (κ1) is 30.5. The molecule has 15 heteroatoms. The molecule has 4 heterocycles. The molecule has 2 saturated heterocycles. The van der Waals surface area contributed by atoms with Gasteiger partial charge in [-0.2, -0.15) is 0 Å². The lowest BCUT2D eigenvalue weighted by Gasteiger charge is -2.35. The van der Waals surface area contributed by atoms with E-state index < -0.39 is 28.3 Å². The summed E-state index contributed by atoms with van der Waals surface area (Å²) >= 11 is 0. The Balaban J connectivity index is 1.31. The fourth-order valence-corrected chi connectivity index (χ4v) is 6.65. The Kier molecular flexibility index (Phi) is 8.37. The molecule has 1 saturated carbocycles. The first-order chi connectivity index (χ1) is 21.1. The molecular formula is C29H36F2N6O6S. The largest absolute Gasteiger partial charge is 0.487 e. The van der Waals surface area contributed by atoms with Crippen LogP contribution in [0, 0.1) is 5.41 Å². The van der Waals surface area contributed by atoms with Crippen LogP contribution in [-0.2, 0) is 10.0 Å². The Morgan fingerprint density at radius 1 is 0.909 bits per heavy atom. The summed E-state index contributed by atoms with van der Waals surface area (Å²) in [5.41, 5.74) is 2.49. The highest BCUT2D eigenvalue weighted by atomic mass is 32.2. The third kappa shape index (κ3) is 6.74. The smallest absolute Gasteiger partial charge is 0.266 e. The monoisotopic (exact) mass is 634 g/mol. The van der Waals surface area contributed by atoms with E-state index in [4.69, 9.17) is 14.3 Å². The van der Waals surface area contributed by atoms with Crippen molar-refractivity contribution in [1.82, 2.24) is 15.2 Å². The van der Waals surface area contributed by atoms with Crippen molar-refractivity contribution < 1.29 is 36.6 Å². The second kappa shape index (κ2) is 12.1. The van der Waals surface area contributed by atoms with Crippen LogP contribution in [0.3, 0.4) is 0 Å². The van der Waals surface area contributed by atoms with Gasteiger partial charge in [0.15, 0.2) is 11.6 Å². The van der Waals surface area contributed by atoms with Gasteiger partial charge in [-0.25, -0.2) is 22.2 Å². The lowest BCUT2D eigenvalue weighted by molar-refractivity contribution is -0.0222. The van der Waals surface area contributed by atoms with Crippen molar-refractivity contribution in [2.75, 3.05) is 66.3 Å². The lowest BCUT2D eigenvalue weighted by Crippen LogP contribution is -2.40. The third-order valence-electron chi connectivity index (χ3n) is 8.61. The molecule has 1 spiro atoms. The normalized spacial score (nSPS) is 19.3. The van der Waals surface area contributed by atoms with Crippen molar-refractivity contribution in [2.45, 2.75) is 44.4 Å². The quantitative estimate of drug-likeness (QED) is 0.284. The molecule has 0 amide bonds. The van der Waals surface area contributed by atoms with Crippen molar-refractivity contribution in [3.05, 3.63) is 30.3 Å². The summed E-state index contributed by atoms with van der Waals surface area (Å²) in [6, 6.07) is 8.36. The fraction of sp³-hybridized carbons (Fsp3) is 0.552. The van der Waals surface area contributed by atoms with Crippen molar-refractivity contribution in [2.24, 2.45) is 5.41 Å². The maximum Gasteiger partial charge on any atom is 0.266 e. The van der Waals surface area contributed by atoms with Crippen molar-refractivity contribution in [3.63, 3.8) is 0 Å². The summed E-state index contributed by atoms with van der Waals surface area (Å²) in [6.45, 7) is 1.09. The molecule has 44 heavy (non-hydrogen) atoms. The minimum Gasteiger partial charge on any atom is -0.487 e. The number of aromatic nitrogens is 3. The Hall–Kier alpha value is -3.56. The van der Waals surface area contributed by atoms with E-state index >= 15 is 0 Å². The Labute approximate surface area is 254 Å². The first-order valence-electron chi connectivity index (χ1n) is 14.8. The minimum atomic E-state index is -3.73. The Morgan fingerprint density at radius 2 is 1.61 bits per heavy atom. The van der Waals surface area contributed by atoms with Gasteiger partial charge in [0.2, 0.25) is 15.9 Å². The summed E-state index contributed by atoms with van der Waals surface area (Å²) in [5.74, 6) is -2.11. The molecule has 1 aromatic carbocycles. The molecule has 12 nitrogen and oxygen atoms in total. The summed E-state index contributed by atoms with van der Waals surface area (Å²) in [7, 11) is -3.73. The number of hydrogen-bond donors (Lipinski definition) is 3. The number of aliphatic hydroxyl groups excluding tert-OH is 2. The van der Waals surface area contributed by atoms with Crippen molar-refractivity contribution in [1.29, 1.82) is 0 Å². The van der Waals surface area contributed by atoms with Crippen molar-refractivity contribution in [3.8, 4) is 28.8 Å². The number of aliphatic hydroxyl groups is 2. The van der Waals surface area contributed by atoms with E-state index in [-0.39, 0.29) is 50.9 Å². The van der Waals surface area contributed by atoms with Gasteiger partial charge >= 0.3 is 0 Å². The molecule has 0 atom stereocenters. The molecular weight excluding hydrogens is 598 g/mol. The highest BCUT2D eigenvalue weighted by molar-refractivity contribution is 7.92. The molecule has 2 aromatic heterocycles. The molecule has 0 radical (unpaired) electrons. The Bertz CT molecular complexity index is 1580. The molecule has 3 aromatic rings. The van der Waals surface area contributed by atoms with Gasteiger partial charge in [-0.1, -0.05) is 0 Å². The van der Waals surface area contributed by atoms with Crippen LogP contribution in [0.25, 0.3) is 23.0 Å². The molecule has 3 aliphatic rings. The second-order valence-electron chi connectivity index (χ2n) is 11.7. The standard InChI is InChI=1S/C29H36F2N6O6S/c30-29(31)9-13-37(14-10-29)25-24(42-17-15-38)4-3-22(32-25)27-34-33-26(43-27)21-2-1-20(35-44(40,41)18-16-39)19-23(21)36-11-7-28(5-6-28)8-12-36/h1-4,19,35,38-39H,5-18H2. The van der Waals surface area contributed by atoms with Crippen LogP contribution >= 0.6 is 0 Å². The van der Waals surface area contributed by atoms with E-state index in [1.165, 1.54) is 12.8 Å². The lowest BCUT2D eigenvalue weighted by atomic mass is 9.93. The zero-order chi connectivity index (χ0) is 31.0. The molecule has 1 aliphatic carbocycles. The number of nitrogens with zero attached hydrogens (tertiary/aromatic N) is 5. The highest BCUT2D eigenvalue weighted by Gasteiger charge is 2.44. The first-order valence-corrected chi connectivity index (χ1v) is 16.5. The van der Waals surface area contributed by atoms with E-state index in [1.54, 1.807) is 35.2 Å². The molecule has 6 rings (SSSR count). The van der Waals surface area contributed by atoms with E-state index in [0.29, 0.717) is 33.9 Å². The number of pyridine rings is 1. The fourth-order valence-electron chi connectivity index (χ4n) is 5.82. The number of rotatable bonds is 11. The van der Waals surface area contributed by atoms with Crippen LogP contribution < -0.4 is 19.3 Å². The Morgan fingerprint density at radius 3 is 2.30 bits per heavy atom. The number of nitrogens with one attached hydrogen (secondary N) is 1. The molecule has 0 unspecified atom stereocenters. The van der Waals surface area contributed by atoms with E-state index in [9.17, 15) is 22.3 Å². The number of halogens is 2. The average Bonchev–Trinajstić information content (AvgIpc) is 3.56. The van der Waals surface area contributed by atoms with Gasteiger partial charge < -0.3 is 29.2 Å². The van der Waals surface area contributed by atoms with Crippen LogP contribution in [0.5, 0.6) is 5.75 Å². The zero-order valence-electron chi connectivity index (χ0n) is 24.2. The van der Waals surface area contributed by atoms with Crippen LogP contribution in [0.2, 0.25) is 0 Å². The average molecular weight is 635 g/mol. The summed E-state index contributed by atoms with van der Waals surface area (Å²) in [5, 5.41) is 26.9. The maximum absolute atomic E-state index is 13.9. The third-order valence-corrected chi connectivity index (χ3v) is 9.88. The van der Waals surface area contributed by atoms with Gasteiger partial charge in [0, 0.05) is 39.0 Å². The van der Waals surface area contributed by atoms with Gasteiger partial charge in [-0.05, 0) is 61.4 Å². The highest BCUT2D eigenvalue weighted by Crippen LogP contribution is 2.54. The second-order valence-corrected chi connectivity index (χ2v) is 13.6. The molecule has 3 N–H and O–H groups in total. The van der Waals surface area contributed by atoms with Gasteiger partial charge in [-0.15, -0.1) is 10.2 Å². The molecule has 0 bridgehead atoms. The minimum absolute atomic E-state index is 0.0231. The van der Waals surface area contributed by atoms with Crippen LogP contribution in [0.4, 0.5) is 26.0 Å². The summed E-state index contributed by atoms with van der Waals surface area (Å²) < 4.78 is 66.7. The SMILES string of the molecule is O=S(=O)(CCO)Nc1ccc(-c2nnc(-c3ccc(OCCO)c(N4CCC(F)(F)CC4)n3)o2)c(N2CCC3(CC2)CC3)c1. The van der Waals surface area contributed by atoms with Crippen molar-refractivity contribution >= 4 is 27.2 Å². The number of benzene rings is 1. The predicted molar refractivity (Wildman–Crippen MR) is 160 cm³/mol. The maximum atomic E-state index is 13.9. The molecule has 3 fully saturated rings. The number of sulfonamides is 1. The zero-order valence-corrected chi connectivity index (χ0v) is 25.0. The van der Waals surface area contributed by atoms with Crippen LogP contribution in [-0.4, -0.2) is 91.5 Å². The number of hydrogen-bond acceptors (Lipinski definition) is 11. The molecule has 2 aliphatic heterocycles. The number of alkyl halides is 2. The van der Waals surface area contributed by atoms with Gasteiger partial charge in [0.25, 0.3) is 11.8 Å². The van der Waals surface area contributed by atoms with E-state index in [0.717, 1.165) is 31.6 Å². The summed E-state index contributed by atoms with van der Waals surface area (Å²) in [6.07, 6.45) is 3.94. The molecule has 238 valence electrons. The van der Waals surface area contributed by atoms with Gasteiger partial charge in [0.1, 0.15) is 12.3 Å². The van der Waals surface area contributed by atoms with Crippen LogP contribution in [0.1, 0.15) is 38.5 Å². The van der Waals surface area contributed by atoms with Gasteiger partial charge in [0.05, 0.1) is 35.9 Å². The van der Waals surface area contributed by atoms with Crippen LogP contribution in [0.15, 0.2) is 34.7 Å². The number of ether oxygens (including phenoxy) is 1. The van der Waals surface area contributed by atoms with Gasteiger partial charge in [-0.3, -0.25) is 4.72 Å². The predicted octanol–water partition coefficient (Wildman–Crippen LogP) is 3.52. The van der Waals surface area contributed by atoms with E-state index in [2.05, 4.69) is 24.8 Å². The number of piperidine rings is 2. The van der Waals surface area contributed by atoms with E-state index in [1.807, 2.05) is 0 Å². The topological polar surface area (TPSA) is 154 Å².